The van der Waals surface area contributed by atoms with E-state index in [0.29, 0.717) is 32.8 Å². The molecule has 0 spiro atoms. The fourth-order valence-corrected chi connectivity index (χ4v) is 2.66. The zero-order valence-corrected chi connectivity index (χ0v) is 13.4. The lowest BCUT2D eigenvalue weighted by atomic mass is 10.2. The topological polar surface area (TPSA) is 77.8 Å². The highest BCUT2D eigenvalue weighted by Gasteiger charge is 2.18. The average molecular weight is 386 g/mol. The Hall–Kier alpha value is -1.63. The molecule has 5 nitrogen and oxygen atoms in total. The van der Waals surface area contributed by atoms with Gasteiger partial charge in [-0.25, -0.2) is 4.98 Å². The molecule has 3 rings (SSSR count). The summed E-state index contributed by atoms with van der Waals surface area (Å²) >= 11 is 15.6. The summed E-state index contributed by atoms with van der Waals surface area (Å²) < 4.78 is 5.98. The van der Waals surface area contributed by atoms with Crippen molar-refractivity contribution in [1.29, 1.82) is 0 Å². The van der Waals surface area contributed by atoms with Crippen LogP contribution in [-0.2, 0) is 0 Å². The van der Waals surface area contributed by atoms with E-state index in [0.717, 1.165) is 4.47 Å². The van der Waals surface area contributed by atoms with Crippen molar-refractivity contribution in [2.75, 3.05) is 5.73 Å². The largest absolute Gasteiger partial charge is 0.383 e. The molecule has 2 heterocycles. The van der Waals surface area contributed by atoms with Gasteiger partial charge in [0.05, 0.1) is 21.2 Å². The fraction of sp³-hybridized carbons (Fsp3) is 0. The molecule has 1 aromatic carbocycles. The third kappa shape index (κ3) is 2.74. The molecule has 0 bridgehead atoms. The van der Waals surface area contributed by atoms with Gasteiger partial charge in [-0.3, -0.25) is 0 Å². The Labute approximate surface area is 138 Å². The Balaban J connectivity index is 2.10. The molecule has 8 heteroatoms. The standard InChI is InChI=1S/C13H7BrCl2N4O/c14-6-4-7(11(17)18-5-6)13-19-12(20-21-13)10-8(15)2-1-3-9(10)16/h1-5H,(H2,17,18). The summed E-state index contributed by atoms with van der Waals surface area (Å²) in [7, 11) is 0. The van der Waals surface area contributed by atoms with Crippen LogP contribution in [0.4, 0.5) is 5.82 Å². The van der Waals surface area contributed by atoms with Gasteiger partial charge in [-0.2, -0.15) is 4.98 Å². The molecule has 0 aliphatic carbocycles. The molecule has 0 amide bonds. The van der Waals surface area contributed by atoms with Crippen LogP contribution in [0.5, 0.6) is 0 Å². The van der Waals surface area contributed by atoms with E-state index in [1.165, 1.54) is 0 Å². The number of nitrogens with zero attached hydrogens (tertiary/aromatic N) is 3. The molecule has 0 aliphatic rings. The van der Waals surface area contributed by atoms with Crippen LogP contribution >= 0.6 is 39.1 Å². The molecule has 0 aliphatic heterocycles. The smallest absolute Gasteiger partial charge is 0.262 e. The Morgan fingerprint density at radius 1 is 1.19 bits per heavy atom. The van der Waals surface area contributed by atoms with Gasteiger partial charge in [-0.15, -0.1) is 0 Å². The number of rotatable bonds is 2. The number of nitrogen functional groups attached to an aromatic ring is 1. The van der Waals surface area contributed by atoms with Crippen molar-refractivity contribution in [2.24, 2.45) is 0 Å². The highest BCUT2D eigenvalue weighted by Crippen LogP contribution is 2.34. The minimum absolute atomic E-state index is 0.243. The fourth-order valence-electron chi connectivity index (χ4n) is 1.77. The predicted molar refractivity (Wildman–Crippen MR) is 85.1 cm³/mol. The van der Waals surface area contributed by atoms with Crippen molar-refractivity contribution < 1.29 is 4.52 Å². The molecule has 2 aromatic heterocycles. The molecule has 0 atom stereocenters. The summed E-state index contributed by atoms with van der Waals surface area (Å²) in [5.74, 6) is 0.825. The Morgan fingerprint density at radius 3 is 2.62 bits per heavy atom. The molecule has 21 heavy (non-hydrogen) atoms. The molecule has 0 radical (unpaired) electrons. The zero-order valence-electron chi connectivity index (χ0n) is 10.3. The summed E-state index contributed by atoms with van der Waals surface area (Å²) in [6.07, 6.45) is 1.58. The van der Waals surface area contributed by atoms with E-state index < -0.39 is 0 Å². The van der Waals surface area contributed by atoms with Gasteiger partial charge in [-0.1, -0.05) is 34.4 Å². The first-order valence-corrected chi connectivity index (χ1v) is 7.30. The van der Waals surface area contributed by atoms with Gasteiger partial charge < -0.3 is 10.3 Å². The molecule has 0 saturated carbocycles. The SMILES string of the molecule is Nc1ncc(Br)cc1-c1nc(-c2c(Cl)cccc2Cl)no1. The second kappa shape index (κ2) is 5.63. The molecule has 0 fully saturated rings. The maximum absolute atomic E-state index is 6.13. The predicted octanol–water partition coefficient (Wildman–Crippen LogP) is 4.45. The van der Waals surface area contributed by atoms with Gasteiger partial charge in [0, 0.05) is 10.7 Å². The first-order chi connectivity index (χ1) is 10.1. The number of pyridine rings is 1. The lowest BCUT2D eigenvalue weighted by molar-refractivity contribution is 0.432. The van der Waals surface area contributed by atoms with Crippen LogP contribution in [0, 0.1) is 0 Å². The van der Waals surface area contributed by atoms with Gasteiger partial charge >= 0.3 is 0 Å². The summed E-state index contributed by atoms with van der Waals surface area (Å²) in [5.41, 5.74) is 6.86. The molecule has 0 unspecified atom stereocenters. The van der Waals surface area contributed by atoms with Gasteiger partial charge in [0.2, 0.25) is 5.82 Å². The number of benzene rings is 1. The molecule has 2 N–H and O–H groups in total. The Morgan fingerprint density at radius 2 is 1.90 bits per heavy atom. The number of aromatic nitrogens is 3. The number of hydrogen-bond donors (Lipinski definition) is 1. The van der Waals surface area contributed by atoms with Crippen LogP contribution in [0.3, 0.4) is 0 Å². The van der Waals surface area contributed by atoms with Crippen molar-refractivity contribution in [1.82, 2.24) is 15.1 Å². The van der Waals surface area contributed by atoms with Crippen molar-refractivity contribution >= 4 is 44.9 Å². The number of nitrogens with two attached hydrogens (primary N) is 1. The van der Waals surface area contributed by atoms with E-state index in [1.807, 2.05) is 0 Å². The summed E-state index contributed by atoms with van der Waals surface area (Å²) in [5, 5.41) is 4.78. The second-order valence-electron chi connectivity index (χ2n) is 4.11. The molecule has 0 saturated heterocycles. The number of halogens is 3. The van der Waals surface area contributed by atoms with Crippen LogP contribution in [0.25, 0.3) is 22.8 Å². The second-order valence-corrected chi connectivity index (χ2v) is 5.84. The van der Waals surface area contributed by atoms with Crippen molar-refractivity contribution in [3.8, 4) is 22.8 Å². The normalized spacial score (nSPS) is 10.8. The quantitative estimate of drug-likeness (QED) is 0.704. The van der Waals surface area contributed by atoms with Gasteiger partial charge in [-0.05, 0) is 34.1 Å². The first kappa shape index (κ1) is 14.3. The minimum Gasteiger partial charge on any atom is -0.383 e. The Kier molecular flexibility index (Phi) is 3.84. The molecule has 3 aromatic rings. The van der Waals surface area contributed by atoms with Crippen molar-refractivity contribution in [2.45, 2.75) is 0 Å². The van der Waals surface area contributed by atoms with Crippen molar-refractivity contribution in [3.63, 3.8) is 0 Å². The summed E-state index contributed by atoms with van der Waals surface area (Å²) in [4.78, 5) is 8.31. The van der Waals surface area contributed by atoms with Crippen molar-refractivity contribution in [3.05, 3.63) is 45.0 Å². The van der Waals surface area contributed by atoms with E-state index in [9.17, 15) is 0 Å². The third-order valence-electron chi connectivity index (χ3n) is 2.73. The minimum atomic E-state index is 0.243. The first-order valence-electron chi connectivity index (χ1n) is 5.75. The molecular weight excluding hydrogens is 379 g/mol. The molecule has 106 valence electrons. The van der Waals surface area contributed by atoms with Crippen LogP contribution < -0.4 is 5.73 Å². The van der Waals surface area contributed by atoms with Crippen LogP contribution in [-0.4, -0.2) is 15.1 Å². The highest BCUT2D eigenvalue weighted by molar-refractivity contribution is 9.10. The zero-order chi connectivity index (χ0) is 15.0. The van der Waals surface area contributed by atoms with E-state index in [1.54, 1.807) is 30.5 Å². The number of hydrogen-bond acceptors (Lipinski definition) is 5. The highest BCUT2D eigenvalue weighted by atomic mass is 79.9. The summed E-state index contributed by atoms with van der Waals surface area (Å²) in [6, 6.07) is 6.89. The summed E-state index contributed by atoms with van der Waals surface area (Å²) in [6.45, 7) is 0. The van der Waals surface area contributed by atoms with Crippen LogP contribution in [0.2, 0.25) is 10.0 Å². The van der Waals surface area contributed by atoms with E-state index in [2.05, 4.69) is 31.1 Å². The van der Waals surface area contributed by atoms with Gasteiger partial charge in [0.25, 0.3) is 5.89 Å². The lowest BCUT2D eigenvalue weighted by Gasteiger charge is -2.01. The Bertz CT molecular complexity index is 801. The monoisotopic (exact) mass is 384 g/mol. The van der Waals surface area contributed by atoms with Gasteiger partial charge in [0.15, 0.2) is 0 Å². The van der Waals surface area contributed by atoms with Gasteiger partial charge in [0.1, 0.15) is 5.82 Å². The number of anilines is 1. The third-order valence-corrected chi connectivity index (χ3v) is 3.79. The van der Waals surface area contributed by atoms with Crippen LogP contribution in [0.15, 0.2) is 39.5 Å². The van der Waals surface area contributed by atoms with E-state index in [4.69, 9.17) is 33.5 Å². The average Bonchev–Trinajstić information content (AvgIpc) is 2.90. The lowest BCUT2D eigenvalue weighted by Crippen LogP contribution is -1.94. The van der Waals surface area contributed by atoms with Crippen LogP contribution in [0.1, 0.15) is 0 Å². The maximum Gasteiger partial charge on any atom is 0.262 e. The van der Waals surface area contributed by atoms with E-state index in [-0.39, 0.29) is 5.89 Å². The van der Waals surface area contributed by atoms with E-state index >= 15 is 0 Å². The maximum atomic E-state index is 6.13. The molecular formula is C13H7BrCl2N4O.